The first-order valence-electron chi connectivity index (χ1n) is 6.95. The first-order valence-corrected chi connectivity index (χ1v) is 7.77. The lowest BCUT2D eigenvalue weighted by molar-refractivity contribution is -0.137. The predicted octanol–water partition coefficient (Wildman–Crippen LogP) is 2.09. The van der Waals surface area contributed by atoms with Gasteiger partial charge in [-0.1, -0.05) is 0 Å². The molecule has 3 rings (SSSR count). The summed E-state index contributed by atoms with van der Waals surface area (Å²) in [5.41, 5.74) is 0.819. The second-order valence-electron chi connectivity index (χ2n) is 4.81. The Labute approximate surface area is 136 Å². The van der Waals surface area contributed by atoms with E-state index in [-0.39, 0.29) is 19.2 Å². The minimum absolute atomic E-state index is 0.195. The lowest BCUT2D eigenvalue weighted by Crippen LogP contribution is -2.34. The summed E-state index contributed by atoms with van der Waals surface area (Å²) in [6.07, 6.45) is 1.47. The lowest BCUT2D eigenvalue weighted by Gasteiger charge is -2.16. The molecule has 0 radical (unpaired) electrons. The van der Waals surface area contributed by atoms with Gasteiger partial charge in [-0.2, -0.15) is 0 Å². The quantitative estimate of drug-likeness (QED) is 0.900. The number of carbonyl (C=O) groups excluding carboxylic acids is 1. The minimum atomic E-state index is -1.04. The molecule has 0 saturated heterocycles. The third-order valence-electron chi connectivity index (χ3n) is 3.33. The highest BCUT2D eigenvalue weighted by atomic mass is 32.1. The Hall–Kier alpha value is -2.61. The average Bonchev–Trinajstić information content (AvgIpc) is 3.19. The van der Waals surface area contributed by atoms with Gasteiger partial charge in [-0.25, -0.2) is 4.98 Å². The van der Waals surface area contributed by atoms with Crippen LogP contribution in [0, 0.1) is 0 Å². The number of aliphatic carboxylic acids is 1. The van der Waals surface area contributed by atoms with Crippen molar-refractivity contribution in [2.45, 2.75) is 6.92 Å². The fourth-order valence-electron chi connectivity index (χ4n) is 2.18. The van der Waals surface area contributed by atoms with E-state index in [1.165, 1.54) is 22.4 Å². The molecule has 8 heteroatoms. The van der Waals surface area contributed by atoms with Crippen molar-refractivity contribution in [3.8, 4) is 22.1 Å². The first kappa shape index (κ1) is 15.3. The molecular weight excluding hydrogens is 320 g/mol. The van der Waals surface area contributed by atoms with Crippen molar-refractivity contribution in [3.05, 3.63) is 29.3 Å². The number of hydrogen-bond acceptors (Lipinski definition) is 6. The summed E-state index contributed by atoms with van der Waals surface area (Å²) in [6, 6.07) is 5.45. The number of hydrogen-bond donors (Lipinski definition) is 1. The molecule has 7 nitrogen and oxygen atoms in total. The maximum Gasteiger partial charge on any atom is 0.323 e. The summed E-state index contributed by atoms with van der Waals surface area (Å²) < 4.78 is 10.6. The third kappa shape index (κ3) is 3.11. The molecule has 1 aromatic carbocycles. The summed E-state index contributed by atoms with van der Waals surface area (Å²) in [4.78, 5) is 29.1. The molecule has 0 saturated carbocycles. The van der Waals surface area contributed by atoms with E-state index < -0.39 is 5.97 Å². The summed E-state index contributed by atoms with van der Waals surface area (Å²) in [5.74, 6) is -0.0491. The summed E-state index contributed by atoms with van der Waals surface area (Å²) >= 11 is 1.22. The van der Waals surface area contributed by atoms with Crippen LogP contribution < -0.4 is 9.47 Å². The predicted molar refractivity (Wildman–Crippen MR) is 82.9 cm³/mol. The fraction of sp³-hybridized carbons (Fsp3) is 0.267. The normalized spacial score (nSPS) is 12.2. The van der Waals surface area contributed by atoms with Crippen LogP contribution in [0.1, 0.15) is 16.6 Å². The number of carbonyl (C=O) groups is 2. The van der Waals surface area contributed by atoms with Gasteiger partial charge < -0.3 is 19.5 Å². The molecule has 120 valence electrons. The number of rotatable bonds is 5. The largest absolute Gasteiger partial charge is 0.480 e. The zero-order valence-corrected chi connectivity index (χ0v) is 13.1. The van der Waals surface area contributed by atoms with Gasteiger partial charge in [-0.3, -0.25) is 9.59 Å². The molecule has 1 amide bonds. The zero-order chi connectivity index (χ0) is 16.4. The summed E-state index contributed by atoms with van der Waals surface area (Å²) in [5, 5.41) is 9.52. The molecule has 1 aliphatic rings. The van der Waals surface area contributed by atoms with E-state index in [9.17, 15) is 9.59 Å². The Morgan fingerprint density at radius 3 is 2.87 bits per heavy atom. The smallest absolute Gasteiger partial charge is 0.323 e. The third-order valence-corrected chi connectivity index (χ3v) is 4.37. The maximum atomic E-state index is 12.3. The number of likely N-dealkylation sites (N-methyl/N-ethyl adjacent to an activating group) is 1. The van der Waals surface area contributed by atoms with E-state index in [1.54, 1.807) is 13.0 Å². The van der Waals surface area contributed by atoms with Crippen LogP contribution in [0.3, 0.4) is 0 Å². The molecule has 1 aliphatic heterocycles. The van der Waals surface area contributed by atoms with Crippen LogP contribution in [0.5, 0.6) is 11.5 Å². The summed E-state index contributed by atoms with van der Waals surface area (Å²) in [7, 11) is 0. The van der Waals surface area contributed by atoms with Crippen molar-refractivity contribution in [1.82, 2.24) is 9.88 Å². The Morgan fingerprint density at radius 1 is 1.35 bits per heavy atom. The average molecular weight is 334 g/mol. The molecular formula is C15H14N2O5S. The van der Waals surface area contributed by atoms with Gasteiger partial charge in [0, 0.05) is 12.1 Å². The number of ether oxygens (including phenoxy) is 2. The van der Waals surface area contributed by atoms with E-state index in [4.69, 9.17) is 14.6 Å². The molecule has 2 aromatic rings. The number of fused-ring (bicyclic) bond motifs is 1. The van der Waals surface area contributed by atoms with Crippen LogP contribution in [0.15, 0.2) is 24.4 Å². The van der Waals surface area contributed by atoms with E-state index in [2.05, 4.69) is 4.98 Å². The minimum Gasteiger partial charge on any atom is -0.480 e. The molecule has 0 bridgehead atoms. The highest BCUT2D eigenvalue weighted by Gasteiger charge is 2.21. The van der Waals surface area contributed by atoms with E-state index in [1.807, 2.05) is 12.1 Å². The molecule has 0 unspecified atom stereocenters. The van der Waals surface area contributed by atoms with Crippen LogP contribution >= 0.6 is 11.3 Å². The van der Waals surface area contributed by atoms with Crippen molar-refractivity contribution in [2.24, 2.45) is 0 Å². The van der Waals surface area contributed by atoms with Crippen LogP contribution in [0.25, 0.3) is 10.6 Å². The highest BCUT2D eigenvalue weighted by molar-refractivity contribution is 7.16. The molecule has 23 heavy (non-hydrogen) atoms. The van der Waals surface area contributed by atoms with E-state index in [0.29, 0.717) is 27.9 Å². The van der Waals surface area contributed by atoms with Gasteiger partial charge in [-0.15, -0.1) is 11.3 Å². The number of amides is 1. The van der Waals surface area contributed by atoms with Crippen molar-refractivity contribution >= 4 is 23.2 Å². The van der Waals surface area contributed by atoms with Crippen LogP contribution in [-0.2, 0) is 4.79 Å². The standard InChI is InChI=1S/C15H14N2O5S/c1-2-17(7-13(18)19)15(20)12-6-16-14(23-12)9-3-4-10-11(5-9)22-8-21-10/h3-6H,2,7-8H2,1H3,(H,18,19). The monoisotopic (exact) mass is 334 g/mol. The Morgan fingerprint density at radius 2 is 2.13 bits per heavy atom. The Kier molecular flexibility index (Phi) is 4.16. The fourth-order valence-corrected chi connectivity index (χ4v) is 3.06. The number of aromatic nitrogens is 1. The van der Waals surface area contributed by atoms with Gasteiger partial charge in [-0.05, 0) is 25.1 Å². The lowest BCUT2D eigenvalue weighted by atomic mass is 10.2. The molecule has 0 atom stereocenters. The summed E-state index contributed by atoms with van der Waals surface area (Å²) in [6.45, 7) is 1.93. The van der Waals surface area contributed by atoms with Gasteiger partial charge in [0.1, 0.15) is 16.4 Å². The number of benzene rings is 1. The van der Waals surface area contributed by atoms with E-state index in [0.717, 1.165) is 5.56 Å². The Balaban J connectivity index is 1.82. The van der Waals surface area contributed by atoms with Gasteiger partial charge in [0.05, 0.1) is 6.20 Å². The van der Waals surface area contributed by atoms with Gasteiger partial charge >= 0.3 is 5.97 Å². The van der Waals surface area contributed by atoms with Crippen molar-refractivity contribution in [1.29, 1.82) is 0 Å². The molecule has 0 aliphatic carbocycles. The van der Waals surface area contributed by atoms with Crippen LogP contribution in [0.2, 0.25) is 0 Å². The molecule has 1 aromatic heterocycles. The second-order valence-corrected chi connectivity index (χ2v) is 5.84. The first-order chi connectivity index (χ1) is 11.1. The highest BCUT2D eigenvalue weighted by Crippen LogP contribution is 2.37. The van der Waals surface area contributed by atoms with Crippen molar-refractivity contribution in [3.63, 3.8) is 0 Å². The SMILES string of the molecule is CCN(CC(=O)O)C(=O)c1cnc(-c2ccc3c(c2)OCO3)s1. The zero-order valence-electron chi connectivity index (χ0n) is 12.3. The van der Waals surface area contributed by atoms with Crippen molar-refractivity contribution < 1.29 is 24.2 Å². The topological polar surface area (TPSA) is 89.0 Å². The Bertz CT molecular complexity index is 758. The van der Waals surface area contributed by atoms with Crippen molar-refractivity contribution in [2.75, 3.05) is 19.9 Å². The molecule has 1 N–H and O–H groups in total. The maximum absolute atomic E-state index is 12.3. The number of carboxylic acid groups (broad SMARTS) is 1. The number of thiazole rings is 1. The van der Waals surface area contributed by atoms with E-state index >= 15 is 0 Å². The van der Waals surface area contributed by atoms with Crippen LogP contribution in [-0.4, -0.2) is 46.7 Å². The van der Waals surface area contributed by atoms with Gasteiger partial charge in [0.2, 0.25) is 6.79 Å². The molecule has 2 heterocycles. The number of nitrogens with zero attached hydrogens (tertiary/aromatic N) is 2. The van der Waals surface area contributed by atoms with Gasteiger partial charge in [0.15, 0.2) is 11.5 Å². The van der Waals surface area contributed by atoms with Crippen LogP contribution in [0.4, 0.5) is 0 Å². The second kappa shape index (κ2) is 6.25. The molecule has 0 fully saturated rings. The molecule has 0 spiro atoms. The van der Waals surface area contributed by atoms with Gasteiger partial charge in [0.25, 0.3) is 5.91 Å². The number of carboxylic acids is 1.